The zero-order valence-corrected chi connectivity index (χ0v) is 15.2. The molecule has 0 radical (unpaired) electrons. The van der Waals surface area contributed by atoms with Gasteiger partial charge in [0.15, 0.2) is 22.9 Å². The Labute approximate surface area is 148 Å². The largest absolute Gasteiger partial charge is 0.494 e. The van der Waals surface area contributed by atoms with Crippen molar-refractivity contribution in [3.63, 3.8) is 0 Å². The van der Waals surface area contributed by atoms with Crippen molar-refractivity contribution < 1.29 is 20.5 Å². The highest BCUT2D eigenvalue weighted by atomic mass is 16.5. The van der Waals surface area contributed by atoms with Crippen molar-refractivity contribution in [2.24, 2.45) is 10.2 Å². The average Bonchev–Trinajstić information content (AvgIpc) is 2.67. The quantitative estimate of drug-likeness (QED) is 0.660. The van der Waals surface area contributed by atoms with Gasteiger partial charge in [-0.15, -0.1) is 0 Å². The van der Waals surface area contributed by atoms with Crippen molar-refractivity contribution in [1.82, 2.24) is 5.32 Å². The minimum Gasteiger partial charge on any atom is -0.494 e. The average molecular weight is 345 g/mol. The van der Waals surface area contributed by atoms with Gasteiger partial charge in [-0.3, -0.25) is 0 Å². The van der Waals surface area contributed by atoms with Gasteiger partial charge in [-0.2, -0.15) is 11.1 Å². The molecule has 0 aliphatic carbocycles. The van der Waals surface area contributed by atoms with Gasteiger partial charge in [0.05, 0.1) is 14.2 Å². The van der Waals surface area contributed by atoms with Crippen LogP contribution in [0.15, 0.2) is 46.6 Å². The molecule has 7 heteroatoms. The van der Waals surface area contributed by atoms with Crippen LogP contribution in [0.2, 0.25) is 0 Å². The van der Waals surface area contributed by atoms with E-state index in [-0.39, 0.29) is 0 Å². The molecule has 0 amide bonds. The topological polar surface area (TPSA) is 106 Å². The molecule has 0 aliphatic heterocycles. The normalized spacial score (nSPS) is 9.60. The SMILES string of the molecule is CCc1ccc(OC)c(N=[NH2+])c1.CNCc1ccc(OC)c(N=[NH2+])c1. The number of benzene rings is 2. The first kappa shape index (κ1) is 20.2. The molecule has 0 unspecified atom stereocenters. The molecule has 0 spiro atoms. The summed E-state index contributed by atoms with van der Waals surface area (Å²) >= 11 is 0. The molecule has 0 heterocycles. The lowest BCUT2D eigenvalue weighted by Gasteiger charge is -2.04. The summed E-state index contributed by atoms with van der Waals surface area (Å²) in [7, 11) is 5.10. The maximum Gasteiger partial charge on any atom is 0.172 e. The molecule has 0 fully saturated rings. The molecule has 134 valence electrons. The van der Waals surface area contributed by atoms with E-state index in [9.17, 15) is 0 Å². The molecule has 2 aromatic rings. The van der Waals surface area contributed by atoms with Gasteiger partial charge in [0.25, 0.3) is 0 Å². The number of ether oxygens (including phenoxy) is 2. The van der Waals surface area contributed by atoms with Gasteiger partial charge in [-0.1, -0.05) is 19.1 Å². The highest BCUT2D eigenvalue weighted by Crippen LogP contribution is 2.27. The van der Waals surface area contributed by atoms with Crippen molar-refractivity contribution in [3.8, 4) is 11.5 Å². The van der Waals surface area contributed by atoms with Gasteiger partial charge in [-0.25, -0.2) is 0 Å². The second kappa shape index (κ2) is 10.9. The van der Waals surface area contributed by atoms with Gasteiger partial charge in [0, 0.05) is 6.54 Å². The molecule has 2 rings (SSSR count). The van der Waals surface area contributed by atoms with E-state index < -0.39 is 0 Å². The molecule has 0 saturated carbocycles. The van der Waals surface area contributed by atoms with Crippen LogP contribution < -0.4 is 25.9 Å². The third kappa shape index (κ3) is 5.96. The monoisotopic (exact) mass is 345 g/mol. The Morgan fingerprint density at radius 1 is 0.880 bits per heavy atom. The lowest BCUT2D eigenvalue weighted by Crippen LogP contribution is -2.22. The predicted octanol–water partition coefficient (Wildman–Crippen LogP) is 1.36. The van der Waals surface area contributed by atoms with Crippen LogP contribution in [0.4, 0.5) is 11.4 Å². The van der Waals surface area contributed by atoms with Gasteiger partial charge < -0.3 is 14.8 Å². The van der Waals surface area contributed by atoms with E-state index in [1.807, 2.05) is 43.4 Å². The molecule has 5 N–H and O–H groups in total. The fraction of sp³-hybridized carbons (Fsp3) is 0.333. The lowest BCUT2D eigenvalue weighted by atomic mass is 10.1. The van der Waals surface area contributed by atoms with Crippen molar-refractivity contribution in [3.05, 3.63) is 47.5 Å². The zero-order valence-electron chi connectivity index (χ0n) is 15.2. The summed E-state index contributed by atoms with van der Waals surface area (Å²) < 4.78 is 10.1. The van der Waals surface area contributed by atoms with Crippen LogP contribution in [-0.2, 0) is 13.0 Å². The summed E-state index contributed by atoms with van der Waals surface area (Å²) in [5.41, 5.74) is 14.1. The molecule has 0 bridgehead atoms. The molecular weight excluding hydrogens is 318 g/mol. The Bertz CT molecular complexity index is 704. The Balaban J connectivity index is 0.000000251. The van der Waals surface area contributed by atoms with E-state index >= 15 is 0 Å². The van der Waals surface area contributed by atoms with E-state index in [4.69, 9.17) is 20.5 Å². The molecule has 25 heavy (non-hydrogen) atoms. The third-order valence-electron chi connectivity index (χ3n) is 3.55. The Kier molecular flexibility index (Phi) is 8.81. The maximum atomic E-state index is 5.22. The van der Waals surface area contributed by atoms with E-state index in [1.54, 1.807) is 14.2 Å². The molecule has 0 aliphatic rings. The minimum atomic E-state index is 0.676. The lowest BCUT2D eigenvalue weighted by molar-refractivity contribution is -0.211. The first-order valence-electron chi connectivity index (χ1n) is 7.93. The number of rotatable bonds is 7. The van der Waals surface area contributed by atoms with Crippen LogP contribution in [-0.4, -0.2) is 21.3 Å². The molecular formula is C18H27N5O2+2. The Morgan fingerprint density at radius 2 is 1.36 bits per heavy atom. The van der Waals surface area contributed by atoms with Crippen LogP contribution in [0, 0.1) is 0 Å². The third-order valence-corrected chi connectivity index (χ3v) is 3.55. The van der Waals surface area contributed by atoms with Crippen LogP contribution in [0.25, 0.3) is 0 Å². The number of hydrogen-bond donors (Lipinski definition) is 3. The number of nitrogens with two attached hydrogens (primary N) is 2. The number of hydrogen-bond acceptors (Lipinski definition) is 5. The summed E-state index contributed by atoms with van der Waals surface area (Å²) in [5.74, 6) is 1.41. The van der Waals surface area contributed by atoms with E-state index in [1.165, 1.54) is 5.56 Å². The predicted molar refractivity (Wildman–Crippen MR) is 96.2 cm³/mol. The number of nitrogens with one attached hydrogen (secondary N) is 1. The molecule has 7 nitrogen and oxygen atoms in total. The number of aryl methyl sites for hydroxylation is 1. The minimum absolute atomic E-state index is 0.676. The molecule has 0 atom stereocenters. The van der Waals surface area contributed by atoms with Crippen molar-refractivity contribution >= 4 is 11.4 Å². The van der Waals surface area contributed by atoms with Crippen LogP contribution >= 0.6 is 0 Å². The standard InChI is InChI=1S/C9H13N3O.C9H12N2O/c1-11-6-7-3-4-9(13-2)8(5-7)12-10;1-3-7-4-5-9(12-2)8(6-7)11-10/h3-5,10-11H,6H2,1-2H3;4-6,10H,3H2,1-2H3/p+2. The van der Waals surface area contributed by atoms with Crippen molar-refractivity contribution in [1.29, 1.82) is 0 Å². The Morgan fingerprint density at radius 3 is 1.76 bits per heavy atom. The highest BCUT2D eigenvalue weighted by Gasteiger charge is 2.04. The van der Waals surface area contributed by atoms with E-state index in [2.05, 4.69) is 22.5 Å². The second-order valence-electron chi connectivity index (χ2n) is 5.15. The number of nitrogens with zero attached hydrogens (tertiary/aromatic N) is 2. The van der Waals surface area contributed by atoms with E-state index in [0.717, 1.165) is 24.3 Å². The second-order valence-corrected chi connectivity index (χ2v) is 5.15. The molecule has 0 saturated heterocycles. The van der Waals surface area contributed by atoms with Crippen molar-refractivity contribution in [2.75, 3.05) is 21.3 Å². The summed E-state index contributed by atoms with van der Waals surface area (Å²) in [6.45, 7) is 2.88. The first-order chi connectivity index (χ1) is 12.1. The van der Waals surface area contributed by atoms with Gasteiger partial charge in [-0.05, 0) is 59.1 Å². The van der Waals surface area contributed by atoms with Gasteiger partial charge >= 0.3 is 0 Å². The number of methoxy groups -OCH3 is 2. The smallest absolute Gasteiger partial charge is 0.172 e. The fourth-order valence-corrected chi connectivity index (χ4v) is 2.21. The summed E-state index contributed by atoms with van der Waals surface area (Å²) in [4.78, 5) is 0. The summed E-state index contributed by atoms with van der Waals surface area (Å²) in [6.07, 6.45) is 0.979. The Hall–Kier alpha value is -2.80. The summed E-state index contributed by atoms with van der Waals surface area (Å²) in [6, 6.07) is 11.6. The maximum absolute atomic E-state index is 5.22. The molecule has 0 aromatic heterocycles. The van der Waals surface area contributed by atoms with Crippen LogP contribution in [0.5, 0.6) is 11.5 Å². The van der Waals surface area contributed by atoms with Crippen LogP contribution in [0.3, 0.4) is 0 Å². The first-order valence-corrected chi connectivity index (χ1v) is 7.93. The van der Waals surface area contributed by atoms with Crippen molar-refractivity contribution in [2.45, 2.75) is 19.9 Å². The molecule has 2 aromatic carbocycles. The summed E-state index contributed by atoms with van der Waals surface area (Å²) in [5, 5.41) is 10.3. The highest BCUT2D eigenvalue weighted by molar-refractivity contribution is 5.53. The zero-order chi connectivity index (χ0) is 18.7. The van der Waals surface area contributed by atoms with Crippen LogP contribution in [0.1, 0.15) is 18.1 Å². The fourth-order valence-electron chi connectivity index (χ4n) is 2.21. The van der Waals surface area contributed by atoms with Gasteiger partial charge in [0.2, 0.25) is 0 Å². The van der Waals surface area contributed by atoms with E-state index in [0.29, 0.717) is 17.1 Å². The van der Waals surface area contributed by atoms with Gasteiger partial charge in [0.1, 0.15) is 0 Å².